The number of aryl methyl sites for hydroxylation is 1. The molecule has 0 aliphatic heterocycles. The molecule has 0 amide bonds. The van der Waals surface area contributed by atoms with Crippen LogP contribution in [0.4, 0.5) is 0 Å². The van der Waals surface area contributed by atoms with Crippen molar-refractivity contribution >= 4 is 11.8 Å². The molecule has 1 heterocycles. The topological polar surface area (TPSA) is 39.9 Å². The number of aromatic nitrogens is 3. The second kappa shape index (κ2) is 8.02. The van der Waals surface area contributed by atoms with Crippen molar-refractivity contribution in [1.82, 2.24) is 14.8 Å². The normalized spacial score (nSPS) is 10.8. The molecule has 0 aliphatic rings. The zero-order chi connectivity index (χ0) is 16.8. The monoisotopic (exact) mass is 339 g/mol. The molecule has 4 nitrogen and oxygen atoms in total. The maximum atomic E-state index is 5.97. The molecule has 3 rings (SSSR count). The van der Waals surface area contributed by atoms with Gasteiger partial charge in [-0.25, -0.2) is 0 Å². The quantitative estimate of drug-likeness (QED) is 0.587. The summed E-state index contributed by atoms with van der Waals surface area (Å²) in [5.41, 5.74) is 2.17. The molecule has 0 fully saturated rings. The van der Waals surface area contributed by atoms with Crippen LogP contribution in [-0.2, 0) is 6.61 Å². The van der Waals surface area contributed by atoms with E-state index in [9.17, 15) is 0 Å². The van der Waals surface area contributed by atoms with Gasteiger partial charge in [-0.15, -0.1) is 10.2 Å². The van der Waals surface area contributed by atoms with E-state index in [1.54, 1.807) is 11.8 Å². The molecular weight excluding hydrogens is 318 g/mol. The summed E-state index contributed by atoms with van der Waals surface area (Å²) in [6.07, 6.45) is 1.10. The van der Waals surface area contributed by atoms with Crippen LogP contribution in [-0.4, -0.2) is 20.5 Å². The average Bonchev–Trinajstić information content (AvgIpc) is 3.03. The van der Waals surface area contributed by atoms with Gasteiger partial charge in [0.05, 0.1) is 0 Å². The minimum Gasteiger partial charge on any atom is -0.485 e. The highest BCUT2D eigenvalue weighted by Crippen LogP contribution is 2.24. The fraction of sp³-hybridized carbons (Fsp3) is 0.263. The van der Waals surface area contributed by atoms with Crippen molar-refractivity contribution in [3.05, 3.63) is 66.0 Å². The molecule has 0 unspecified atom stereocenters. The molecule has 24 heavy (non-hydrogen) atoms. The maximum absolute atomic E-state index is 5.97. The molecule has 0 N–H and O–H groups in total. The van der Waals surface area contributed by atoms with E-state index in [2.05, 4.69) is 33.8 Å². The number of hydrogen-bond acceptors (Lipinski definition) is 4. The molecule has 124 valence electrons. The van der Waals surface area contributed by atoms with Gasteiger partial charge in [0.1, 0.15) is 12.4 Å². The average molecular weight is 339 g/mol. The first-order valence-electron chi connectivity index (χ1n) is 8.10. The van der Waals surface area contributed by atoms with E-state index in [0.29, 0.717) is 6.61 Å². The minimum atomic E-state index is 0.388. The van der Waals surface area contributed by atoms with Crippen molar-refractivity contribution in [2.75, 3.05) is 5.75 Å². The van der Waals surface area contributed by atoms with Crippen molar-refractivity contribution in [3.63, 3.8) is 0 Å². The first kappa shape index (κ1) is 16.6. The Bertz CT molecular complexity index is 786. The SMILES string of the molecule is CCCSc1nnc(COc2ccccc2C)n1-c1ccccc1. The standard InChI is InChI=1S/C19H21N3OS/c1-3-13-24-19-21-20-18(22(19)16-10-5-4-6-11-16)14-23-17-12-8-7-9-15(17)2/h4-12H,3,13-14H2,1-2H3. The number of hydrogen-bond donors (Lipinski definition) is 0. The Balaban J connectivity index is 1.87. The number of nitrogens with zero attached hydrogens (tertiary/aromatic N) is 3. The fourth-order valence-electron chi connectivity index (χ4n) is 2.38. The Labute approximate surface area is 146 Å². The van der Waals surface area contributed by atoms with Gasteiger partial charge in [0.25, 0.3) is 0 Å². The molecule has 0 saturated carbocycles. The van der Waals surface area contributed by atoms with Gasteiger partial charge in [-0.1, -0.05) is 55.1 Å². The Kier molecular flexibility index (Phi) is 5.54. The third-order valence-electron chi connectivity index (χ3n) is 3.60. The van der Waals surface area contributed by atoms with E-state index in [4.69, 9.17) is 4.74 Å². The Morgan fingerprint density at radius 3 is 2.50 bits per heavy atom. The summed E-state index contributed by atoms with van der Waals surface area (Å²) in [6, 6.07) is 18.2. The lowest BCUT2D eigenvalue weighted by molar-refractivity contribution is 0.291. The minimum absolute atomic E-state index is 0.388. The van der Waals surface area contributed by atoms with Gasteiger partial charge >= 0.3 is 0 Å². The number of ether oxygens (including phenoxy) is 1. The molecule has 0 spiro atoms. The molecule has 0 aliphatic carbocycles. The molecule has 2 aromatic carbocycles. The van der Waals surface area contributed by atoms with Crippen LogP contribution in [0.3, 0.4) is 0 Å². The fourth-order valence-corrected chi connectivity index (χ4v) is 3.20. The van der Waals surface area contributed by atoms with Gasteiger partial charge in [0.2, 0.25) is 0 Å². The predicted octanol–water partition coefficient (Wildman–Crippen LogP) is 4.66. The number of rotatable bonds is 7. The molecule has 0 radical (unpaired) electrons. The second-order valence-corrected chi connectivity index (χ2v) is 6.53. The molecular formula is C19H21N3OS. The van der Waals surface area contributed by atoms with Crippen LogP contribution >= 0.6 is 11.8 Å². The molecule has 0 atom stereocenters. The summed E-state index contributed by atoms with van der Waals surface area (Å²) >= 11 is 1.72. The first-order valence-corrected chi connectivity index (χ1v) is 9.09. The van der Waals surface area contributed by atoms with Gasteiger partial charge in [-0.2, -0.15) is 0 Å². The van der Waals surface area contributed by atoms with E-state index in [1.807, 2.05) is 49.4 Å². The molecule has 0 saturated heterocycles. The van der Waals surface area contributed by atoms with Gasteiger partial charge < -0.3 is 4.74 Å². The summed E-state index contributed by atoms with van der Waals surface area (Å²) in [5, 5.41) is 9.63. The van der Waals surface area contributed by atoms with Crippen molar-refractivity contribution in [2.45, 2.75) is 32.0 Å². The van der Waals surface area contributed by atoms with E-state index in [0.717, 1.165) is 40.2 Å². The second-order valence-electron chi connectivity index (χ2n) is 5.47. The Morgan fingerprint density at radius 1 is 1.00 bits per heavy atom. The summed E-state index contributed by atoms with van der Waals surface area (Å²) < 4.78 is 8.05. The van der Waals surface area contributed by atoms with E-state index < -0.39 is 0 Å². The zero-order valence-corrected chi connectivity index (χ0v) is 14.8. The Hall–Kier alpha value is -2.27. The molecule has 1 aromatic heterocycles. The lowest BCUT2D eigenvalue weighted by atomic mass is 10.2. The van der Waals surface area contributed by atoms with Crippen molar-refractivity contribution < 1.29 is 4.74 Å². The van der Waals surface area contributed by atoms with Gasteiger partial charge in [0.15, 0.2) is 11.0 Å². The molecule has 0 bridgehead atoms. The third kappa shape index (κ3) is 3.79. The van der Waals surface area contributed by atoms with E-state index >= 15 is 0 Å². The van der Waals surface area contributed by atoms with E-state index in [-0.39, 0.29) is 0 Å². The van der Waals surface area contributed by atoms with Gasteiger partial charge in [-0.3, -0.25) is 4.57 Å². The number of thioether (sulfide) groups is 1. The van der Waals surface area contributed by atoms with Gasteiger partial charge in [0, 0.05) is 11.4 Å². The van der Waals surface area contributed by atoms with Crippen LogP contribution in [0.1, 0.15) is 24.7 Å². The van der Waals surface area contributed by atoms with Crippen LogP contribution in [0.25, 0.3) is 5.69 Å². The number of benzene rings is 2. The van der Waals surface area contributed by atoms with Crippen molar-refractivity contribution in [3.8, 4) is 11.4 Å². The highest BCUT2D eigenvalue weighted by Gasteiger charge is 2.15. The van der Waals surface area contributed by atoms with Gasteiger partial charge in [-0.05, 0) is 37.1 Å². The van der Waals surface area contributed by atoms with Crippen LogP contribution in [0.15, 0.2) is 59.8 Å². The predicted molar refractivity (Wildman–Crippen MR) is 97.9 cm³/mol. The summed E-state index contributed by atoms with van der Waals surface area (Å²) in [4.78, 5) is 0. The molecule has 3 aromatic rings. The smallest absolute Gasteiger partial charge is 0.195 e. The summed E-state index contributed by atoms with van der Waals surface area (Å²) in [7, 11) is 0. The Morgan fingerprint density at radius 2 is 1.75 bits per heavy atom. The van der Waals surface area contributed by atoms with E-state index in [1.165, 1.54) is 0 Å². The zero-order valence-electron chi connectivity index (χ0n) is 14.0. The highest BCUT2D eigenvalue weighted by atomic mass is 32.2. The van der Waals surface area contributed by atoms with Crippen LogP contribution < -0.4 is 4.74 Å². The third-order valence-corrected chi connectivity index (χ3v) is 4.74. The van der Waals surface area contributed by atoms with Crippen LogP contribution in [0.5, 0.6) is 5.75 Å². The summed E-state index contributed by atoms with van der Waals surface area (Å²) in [6.45, 7) is 4.59. The number of para-hydroxylation sites is 2. The summed E-state index contributed by atoms with van der Waals surface area (Å²) in [5.74, 6) is 2.70. The largest absolute Gasteiger partial charge is 0.485 e. The van der Waals surface area contributed by atoms with Crippen LogP contribution in [0.2, 0.25) is 0 Å². The molecule has 5 heteroatoms. The van der Waals surface area contributed by atoms with Crippen molar-refractivity contribution in [1.29, 1.82) is 0 Å². The maximum Gasteiger partial charge on any atom is 0.195 e. The first-order chi connectivity index (χ1) is 11.8. The lowest BCUT2D eigenvalue weighted by Gasteiger charge is -2.12. The van der Waals surface area contributed by atoms with Crippen molar-refractivity contribution in [2.24, 2.45) is 0 Å². The van der Waals surface area contributed by atoms with Crippen LogP contribution in [0, 0.1) is 6.92 Å². The highest BCUT2D eigenvalue weighted by molar-refractivity contribution is 7.99. The lowest BCUT2D eigenvalue weighted by Crippen LogP contribution is -2.07.